The summed E-state index contributed by atoms with van der Waals surface area (Å²) in [5, 5.41) is 6.79. The second-order valence-electron chi connectivity index (χ2n) is 12.7. The van der Waals surface area contributed by atoms with Crippen molar-refractivity contribution in [2.45, 2.75) is 88.9 Å². The molecule has 0 atom stereocenters. The standard InChI is InChI=1S/C31H41FN4O3/c1-29(2,3)39-28(38)35(4)18-17-33-31-14-11-30(12-15-31,13-16-31)24-6-9-26(10-7-24)34-27(37)36-20-22-5-8-25(32)19-23(22)21-36/h5-10,19,33H,11-18,20-21H2,1-4H3,(H,34,37). The second kappa shape index (κ2) is 10.5. The molecule has 2 N–H and O–H groups in total. The van der Waals surface area contributed by atoms with Crippen LogP contribution in [0.25, 0.3) is 0 Å². The van der Waals surface area contributed by atoms with Crippen LogP contribution in [0.5, 0.6) is 0 Å². The number of carbonyl (C=O) groups excluding carboxylic acids is 2. The summed E-state index contributed by atoms with van der Waals surface area (Å²) >= 11 is 0. The zero-order chi connectivity index (χ0) is 27.8. The molecule has 7 nitrogen and oxygen atoms in total. The summed E-state index contributed by atoms with van der Waals surface area (Å²) in [6.07, 6.45) is 6.49. The predicted octanol–water partition coefficient (Wildman–Crippen LogP) is 6.17. The van der Waals surface area contributed by atoms with Gasteiger partial charge in [0.15, 0.2) is 0 Å². The molecule has 2 bridgehead atoms. The van der Waals surface area contributed by atoms with E-state index in [1.807, 2.05) is 32.9 Å². The Morgan fingerprint density at radius 3 is 2.26 bits per heavy atom. The normalized spacial score (nSPS) is 23.9. The van der Waals surface area contributed by atoms with Gasteiger partial charge in [0.2, 0.25) is 0 Å². The van der Waals surface area contributed by atoms with Gasteiger partial charge in [-0.15, -0.1) is 0 Å². The largest absolute Gasteiger partial charge is 0.444 e. The average molecular weight is 537 g/mol. The Hall–Kier alpha value is -3.13. The van der Waals surface area contributed by atoms with E-state index >= 15 is 0 Å². The maximum Gasteiger partial charge on any atom is 0.410 e. The second-order valence-corrected chi connectivity index (χ2v) is 12.7. The van der Waals surface area contributed by atoms with Crippen LogP contribution in [0.15, 0.2) is 42.5 Å². The number of ether oxygens (including phenoxy) is 1. The van der Waals surface area contributed by atoms with Gasteiger partial charge in [-0.2, -0.15) is 0 Å². The lowest BCUT2D eigenvalue weighted by Crippen LogP contribution is -2.57. The lowest BCUT2D eigenvalue weighted by Gasteiger charge is -2.54. The number of benzene rings is 2. The number of urea groups is 1. The fourth-order valence-electron chi connectivity index (χ4n) is 6.42. The van der Waals surface area contributed by atoms with Crippen LogP contribution in [0.1, 0.15) is 76.0 Å². The van der Waals surface area contributed by atoms with Crippen LogP contribution >= 0.6 is 0 Å². The van der Waals surface area contributed by atoms with Gasteiger partial charge in [0.1, 0.15) is 11.4 Å². The number of hydrogen-bond donors (Lipinski definition) is 2. The van der Waals surface area contributed by atoms with Crippen LogP contribution < -0.4 is 10.6 Å². The number of anilines is 1. The van der Waals surface area contributed by atoms with E-state index in [2.05, 4.69) is 22.8 Å². The van der Waals surface area contributed by atoms with Crippen molar-refractivity contribution in [3.63, 3.8) is 0 Å². The van der Waals surface area contributed by atoms with Gasteiger partial charge in [0, 0.05) is 44.5 Å². The van der Waals surface area contributed by atoms with Crippen molar-refractivity contribution >= 4 is 17.8 Å². The van der Waals surface area contributed by atoms with Gasteiger partial charge in [-0.1, -0.05) is 18.2 Å². The van der Waals surface area contributed by atoms with Crippen molar-refractivity contribution < 1.29 is 18.7 Å². The summed E-state index contributed by atoms with van der Waals surface area (Å²) in [5.74, 6) is -0.268. The van der Waals surface area contributed by atoms with E-state index < -0.39 is 5.60 Å². The van der Waals surface area contributed by atoms with Crippen LogP contribution in [0, 0.1) is 5.82 Å². The SMILES string of the molecule is CN(CCNC12CCC(c3ccc(NC(=O)N4Cc5ccc(F)cc5C4)cc3)(CC1)CC2)C(=O)OC(C)(C)C. The molecule has 3 amide bonds. The van der Waals surface area contributed by atoms with Gasteiger partial charge in [0.25, 0.3) is 0 Å². The molecule has 8 heteroatoms. The van der Waals surface area contributed by atoms with Crippen LogP contribution in [-0.2, 0) is 23.2 Å². The molecule has 0 saturated heterocycles. The van der Waals surface area contributed by atoms with E-state index in [9.17, 15) is 14.0 Å². The highest BCUT2D eigenvalue weighted by molar-refractivity contribution is 5.89. The zero-order valence-electron chi connectivity index (χ0n) is 23.6. The number of halogens is 1. The number of likely N-dealkylation sites (N-methyl/N-ethyl adjacent to an activating group) is 1. The van der Waals surface area contributed by atoms with Crippen molar-refractivity contribution in [3.8, 4) is 0 Å². The topological polar surface area (TPSA) is 73.9 Å². The van der Waals surface area contributed by atoms with Crippen LogP contribution in [0.3, 0.4) is 0 Å². The maximum absolute atomic E-state index is 13.5. The first-order valence-electron chi connectivity index (χ1n) is 14.1. The summed E-state index contributed by atoms with van der Waals surface area (Å²) in [5.41, 5.74) is 3.85. The molecule has 0 radical (unpaired) electrons. The number of fused-ring (bicyclic) bond motifs is 4. The number of hydrogen-bond acceptors (Lipinski definition) is 4. The molecule has 3 fully saturated rings. The van der Waals surface area contributed by atoms with Gasteiger partial charge in [0.05, 0.1) is 0 Å². The molecule has 0 unspecified atom stereocenters. The van der Waals surface area contributed by atoms with E-state index in [4.69, 9.17) is 4.74 Å². The summed E-state index contributed by atoms with van der Waals surface area (Å²) in [6, 6.07) is 12.9. The zero-order valence-corrected chi connectivity index (χ0v) is 23.6. The van der Waals surface area contributed by atoms with Gasteiger partial charge in [-0.3, -0.25) is 0 Å². The van der Waals surface area contributed by atoms with Crippen LogP contribution in [-0.4, -0.2) is 53.2 Å². The first-order valence-corrected chi connectivity index (χ1v) is 14.1. The smallest absolute Gasteiger partial charge is 0.410 e. The Morgan fingerprint density at radius 2 is 1.62 bits per heavy atom. The molecular formula is C31H41FN4O3. The van der Waals surface area contributed by atoms with Crippen LogP contribution in [0.2, 0.25) is 0 Å². The third-order valence-electron chi connectivity index (χ3n) is 8.83. The third kappa shape index (κ3) is 6.06. The summed E-state index contributed by atoms with van der Waals surface area (Å²) in [7, 11) is 1.79. The van der Waals surface area contributed by atoms with Crippen LogP contribution in [0.4, 0.5) is 19.7 Å². The Balaban J connectivity index is 1.11. The molecule has 3 aliphatic carbocycles. The maximum atomic E-state index is 13.5. The average Bonchev–Trinajstić information content (AvgIpc) is 3.32. The van der Waals surface area contributed by atoms with Crippen molar-refractivity contribution in [2.75, 3.05) is 25.5 Å². The summed E-state index contributed by atoms with van der Waals surface area (Å²) < 4.78 is 19.0. The molecule has 0 aromatic heterocycles. The van der Waals surface area contributed by atoms with Crippen molar-refractivity contribution in [2.24, 2.45) is 0 Å². The molecule has 2 aromatic carbocycles. The van der Waals surface area contributed by atoms with E-state index in [0.29, 0.717) is 19.6 Å². The van der Waals surface area contributed by atoms with Crippen molar-refractivity contribution in [3.05, 3.63) is 65.0 Å². The number of carbonyl (C=O) groups is 2. The first kappa shape index (κ1) is 27.4. The Bertz CT molecular complexity index is 1200. The van der Waals surface area contributed by atoms with Gasteiger partial charge < -0.3 is 25.2 Å². The molecule has 1 heterocycles. The molecule has 210 valence electrons. The molecule has 6 rings (SSSR count). The minimum Gasteiger partial charge on any atom is -0.444 e. The predicted molar refractivity (Wildman–Crippen MR) is 150 cm³/mol. The van der Waals surface area contributed by atoms with Gasteiger partial charge in [-0.05, 0) is 106 Å². The van der Waals surface area contributed by atoms with Crippen molar-refractivity contribution in [1.82, 2.24) is 15.1 Å². The molecule has 2 aromatic rings. The summed E-state index contributed by atoms with van der Waals surface area (Å²) in [6.45, 7) is 7.95. The molecule has 4 aliphatic rings. The highest BCUT2D eigenvalue weighted by Gasteiger charge is 2.49. The molecule has 3 saturated carbocycles. The molecule has 0 spiro atoms. The Labute approximate surface area is 231 Å². The lowest BCUT2D eigenvalue weighted by atomic mass is 9.55. The monoisotopic (exact) mass is 536 g/mol. The first-order chi connectivity index (χ1) is 18.5. The van der Waals surface area contributed by atoms with Gasteiger partial charge >= 0.3 is 12.1 Å². The third-order valence-corrected chi connectivity index (χ3v) is 8.83. The number of rotatable bonds is 6. The minimum atomic E-state index is -0.486. The number of nitrogens with zero attached hydrogens (tertiary/aromatic N) is 2. The van der Waals surface area contributed by atoms with Gasteiger partial charge in [-0.25, -0.2) is 14.0 Å². The fourth-order valence-corrected chi connectivity index (χ4v) is 6.42. The number of amides is 3. The Morgan fingerprint density at radius 1 is 0.974 bits per heavy atom. The van der Waals surface area contributed by atoms with E-state index in [0.717, 1.165) is 61.9 Å². The Kier molecular flexibility index (Phi) is 7.35. The van der Waals surface area contributed by atoms with E-state index in [-0.39, 0.29) is 28.9 Å². The van der Waals surface area contributed by atoms with E-state index in [1.165, 1.54) is 17.7 Å². The highest BCUT2D eigenvalue weighted by Crippen LogP contribution is 2.53. The van der Waals surface area contributed by atoms with E-state index in [1.54, 1.807) is 22.9 Å². The minimum absolute atomic E-state index is 0.153. The molecule has 39 heavy (non-hydrogen) atoms. The fraction of sp³-hybridized carbons (Fsp3) is 0.548. The summed E-state index contributed by atoms with van der Waals surface area (Å²) in [4.78, 5) is 28.4. The van der Waals surface area contributed by atoms with Crippen molar-refractivity contribution in [1.29, 1.82) is 0 Å². The molecule has 1 aliphatic heterocycles. The lowest BCUT2D eigenvalue weighted by molar-refractivity contribution is 0.0282. The quantitative estimate of drug-likeness (QED) is 0.463. The number of nitrogens with one attached hydrogen (secondary N) is 2. The molecular weight excluding hydrogens is 495 g/mol. The highest BCUT2D eigenvalue weighted by atomic mass is 19.1.